The van der Waals surface area contributed by atoms with Crippen LogP contribution in [0.5, 0.6) is 0 Å². The third-order valence-corrected chi connectivity index (χ3v) is 8.88. The van der Waals surface area contributed by atoms with Gasteiger partial charge in [-0.25, -0.2) is 23.5 Å². The molecule has 1 aromatic carbocycles. The number of amides is 2. The first-order valence-electron chi connectivity index (χ1n) is 9.77. The predicted molar refractivity (Wildman–Crippen MR) is 114 cm³/mol. The van der Waals surface area contributed by atoms with Crippen LogP contribution in [0.2, 0.25) is 0 Å². The van der Waals surface area contributed by atoms with Gasteiger partial charge in [0.05, 0.1) is 6.20 Å². The van der Waals surface area contributed by atoms with Crippen LogP contribution in [0, 0.1) is 10.7 Å². The average Bonchev–Trinajstić information content (AvgIpc) is 3.29. The Kier molecular flexibility index (Phi) is 4.95. The van der Waals surface area contributed by atoms with Crippen molar-refractivity contribution in [2.45, 2.75) is 62.2 Å². The number of thiazole rings is 1. The van der Waals surface area contributed by atoms with E-state index in [0.717, 1.165) is 41.0 Å². The molecule has 0 aliphatic heterocycles. The minimum atomic E-state index is -3.58. The zero-order valence-corrected chi connectivity index (χ0v) is 18.4. The molecule has 7 nitrogen and oxygen atoms in total. The monoisotopic (exact) mass is 434 g/mol. The number of aliphatic hydroxyl groups is 1. The minimum Gasteiger partial charge on any atom is -0.383 e. The zero-order valence-electron chi connectivity index (χ0n) is 16.7. The summed E-state index contributed by atoms with van der Waals surface area (Å²) >= 11 is 0.965. The van der Waals surface area contributed by atoms with E-state index in [0.29, 0.717) is 16.8 Å². The van der Waals surface area contributed by atoms with E-state index >= 15 is 0 Å². The highest BCUT2D eigenvalue weighted by atomic mass is 32.2. The van der Waals surface area contributed by atoms with Crippen molar-refractivity contribution in [3.63, 3.8) is 0 Å². The average molecular weight is 435 g/mol. The molecule has 4 rings (SSSR count). The molecule has 2 atom stereocenters. The van der Waals surface area contributed by atoms with Crippen molar-refractivity contribution in [2.75, 3.05) is 5.32 Å². The summed E-state index contributed by atoms with van der Waals surface area (Å²) in [4.78, 5) is 16.7. The highest BCUT2D eigenvalue weighted by Crippen LogP contribution is 2.46. The topological polar surface area (TPSA) is 115 Å². The summed E-state index contributed by atoms with van der Waals surface area (Å²) in [7, 11) is -3.58. The van der Waals surface area contributed by atoms with E-state index in [-0.39, 0.29) is 4.21 Å². The number of aromatic nitrogens is 1. The predicted octanol–water partition coefficient (Wildman–Crippen LogP) is 4.12. The largest absolute Gasteiger partial charge is 0.383 e. The zero-order chi connectivity index (χ0) is 21.0. The molecule has 1 aromatic heterocycles. The Hall–Kier alpha value is -1.97. The number of nitrogens with one attached hydrogen (secondary N) is 3. The third-order valence-electron chi connectivity index (χ3n) is 5.67. The standard InChI is InChI=1S/C20H26N4O3S2/c1-11(12-4-5-12)14-8-6-13-7-9-15(13)17(14)23-19(25)24-29(21,27)16-10-22-18(28-16)20(2,3)26/h6,8,10-12,26H,4-5,7,9H2,1-3H3,(H3,21,23,24,25,27)/t11-,29+/m0/s1. The molecule has 0 saturated heterocycles. The lowest BCUT2D eigenvalue weighted by atomic mass is 9.82. The fourth-order valence-corrected chi connectivity index (χ4v) is 5.78. The van der Waals surface area contributed by atoms with Gasteiger partial charge in [0.15, 0.2) is 9.92 Å². The smallest absolute Gasteiger partial charge is 0.331 e. The first-order chi connectivity index (χ1) is 13.6. The minimum absolute atomic E-state index is 0.109. The summed E-state index contributed by atoms with van der Waals surface area (Å²) in [6.07, 6.45) is 5.61. The first kappa shape index (κ1) is 20.3. The Balaban J connectivity index is 1.54. The van der Waals surface area contributed by atoms with Gasteiger partial charge in [-0.1, -0.05) is 19.1 Å². The fraction of sp³-hybridized carbons (Fsp3) is 0.500. The van der Waals surface area contributed by atoms with Crippen LogP contribution < -0.4 is 10.0 Å². The van der Waals surface area contributed by atoms with Gasteiger partial charge < -0.3 is 10.4 Å². The Morgan fingerprint density at radius 2 is 2.10 bits per heavy atom. The van der Waals surface area contributed by atoms with Gasteiger partial charge >= 0.3 is 6.03 Å². The van der Waals surface area contributed by atoms with Crippen LogP contribution in [-0.4, -0.2) is 20.3 Å². The molecule has 4 N–H and O–H groups in total. The van der Waals surface area contributed by atoms with Gasteiger partial charge in [0.2, 0.25) is 0 Å². The molecule has 1 heterocycles. The van der Waals surface area contributed by atoms with Crippen LogP contribution in [0.25, 0.3) is 0 Å². The number of carbonyl (C=O) groups excluding carboxylic acids is 1. The maximum Gasteiger partial charge on any atom is 0.331 e. The lowest BCUT2D eigenvalue weighted by Gasteiger charge is -2.27. The molecule has 2 aliphatic carbocycles. The van der Waals surface area contributed by atoms with Gasteiger partial charge in [0, 0.05) is 5.69 Å². The number of nitrogens with zero attached hydrogens (tertiary/aromatic N) is 1. The Bertz CT molecular complexity index is 1070. The van der Waals surface area contributed by atoms with Crippen LogP contribution >= 0.6 is 11.3 Å². The number of aryl methyl sites for hydroxylation is 1. The van der Waals surface area contributed by atoms with Crippen molar-refractivity contribution in [1.29, 1.82) is 4.78 Å². The number of fused-ring (bicyclic) bond motifs is 1. The van der Waals surface area contributed by atoms with E-state index in [2.05, 4.69) is 34.1 Å². The molecule has 1 fully saturated rings. The second-order valence-electron chi connectivity index (χ2n) is 8.45. The van der Waals surface area contributed by atoms with Crippen LogP contribution in [0.3, 0.4) is 0 Å². The number of rotatable bonds is 6. The van der Waals surface area contributed by atoms with Crippen molar-refractivity contribution < 1.29 is 14.1 Å². The number of hydrogen-bond acceptors (Lipinski definition) is 6. The molecule has 29 heavy (non-hydrogen) atoms. The van der Waals surface area contributed by atoms with Gasteiger partial charge in [-0.15, -0.1) is 11.3 Å². The molecule has 0 unspecified atom stereocenters. The third kappa shape index (κ3) is 4.04. The van der Waals surface area contributed by atoms with Crippen LogP contribution in [-0.2, 0) is 28.4 Å². The molecule has 0 radical (unpaired) electrons. The van der Waals surface area contributed by atoms with Gasteiger partial charge in [-0.3, -0.25) is 0 Å². The molecule has 0 spiro atoms. The molecule has 1 saturated carbocycles. The molecule has 0 bridgehead atoms. The van der Waals surface area contributed by atoms with Crippen LogP contribution in [0.1, 0.15) is 61.2 Å². The van der Waals surface area contributed by atoms with Crippen molar-refractivity contribution in [1.82, 2.24) is 9.71 Å². The van der Waals surface area contributed by atoms with E-state index in [1.165, 1.54) is 24.6 Å². The second-order valence-corrected chi connectivity index (χ2v) is 11.5. The molecule has 2 aliphatic rings. The Morgan fingerprint density at radius 3 is 2.66 bits per heavy atom. The molecule has 156 valence electrons. The van der Waals surface area contributed by atoms with Crippen LogP contribution in [0.4, 0.5) is 10.5 Å². The fourth-order valence-electron chi connectivity index (χ4n) is 3.68. The van der Waals surface area contributed by atoms with E-state index in [1.807, 2.05) is 0 Å². The lowest BCUT2D eigenvalue weighted by Crippen LogP contribution is -2.34. The van der Waals surface area contributed by atoms with Crippen molar-refractivity contribution in [3.05, 3.63) is 40.0 Å². The molecular formula is C20H26N4O3S2. The number of anilines is 1. The highest BCUT2D eigenvalue weighted by Gasteiger charge is 2.33. The van der Waals surface area contributed by atoms with E-state index in [4.69, 9.17) is 4.78 Å². The highest BCUT2D eigenvalue weighted by molar-refractivity contribution is 7.93. The lowest BCUT2D eigenvalue weighted by molar-refractivity contribution is 0.0783. The van der Waals surface area contributed by atoms with Crippen molar-refractivity contribution >= 4 is 33.0 Å². The van der Waals surface area contributed by atoms with Gasteiger partial charge in [-0.2, -0.15) is 0 Å². The van der Waals surface area contributed by atoms with Gasteiger partial charge in [0.25, 0.3) is 0 Å². The summed E-state index contributed by atoms with van der Waals surface area (Å²) in [5.41, 5.74) is 3.10. The number of carbonyl (C=O) groups is 1. The first-order valence-corrected chi connectivity index (χ1v) is 12.1. The summed E-state index contributed by atoms with van der Waals surface area (Å²) in [6, 6.07) is 3.57. The number of urea groups is 1. The number of hydrogen-bond donors (Lipinski definition) is 4. The maximum absolute atomic E-state index is 12.8. The van der Waals surface area contributed by atoms with Crippen molar-refractivity contribution in [2.24, 2.45) is 5.92 Å². The molecule has 2 amide bonds. The van der Waals surface area contributed by atoms with E-state index in [1.54, 1.807) is 13.8 Å². The SMILES string of the molecule is C[C@H](c1ccc2c(c1NC(=O)N[S@@](=N)(=O)c1cnc(C(C)(C)O)s1)CC2)C1CC1. The van der Waals surface area contributed by atoms with Gasteiger partial charge in [-0.05, 0) is 68.1 Å². The number of benzene rings is 1. The molecular weight excluding hydrogens is 408 g/mol. The van der Waals surface area contributed by atoms with Crippen molar-refractivity contribution in [3.8, 4) is 0 Å². The van der Waals surface area contributed by atoms with E-state index < -0.39 is 21.5 Å². The van der Waals surface area contributed by atoms with Gasteiger partial charge in [0.1, 0.15) is 14.8 Å². The quantitative estimate of drug-likeness (QED) is 0.547. The Morgan fingerprint density at radius 1 is 1.38 bits per heavy atom. The maximum atomic E-state index is 12.8. The molecule has 2 aromatic rings. The van der Waals surface area contributed by atoms with E-state index in [9.17, 15) is 14.1 Å². The second kappa shape index (κ2) is 7.07. The summed E-state index contributed by atoms with van der Waals surface area (Å²) in [5.74, 6) is 1.00. The van der Waals surface area contributed by atoms with Crippen LogP contribution in [0.15, 0.2) is 22.5 Å². The normalized spacial score (nSPS) is 18.9. The summed E-state index contributed by atoms with van der Waals surface area (Å²) < 4.78 is 23.4. The Labute approximate surface area is 175 Å². The summed E-state index contributed by atoms with van der Waals surface area (Å²) in [6.45, 7) is 5.32. The summed E-state index contributed by atoms with van der Waals surface area (Å²) in [5, 5.41) is 13.3. The molecule has 9 heteroatoms.